The van der Waals surface area contributed by atoms with Gasteiger partial charge in [0.15, 0.2) is 0 Å². The Labute approximate surface area is 199 Å². The Bertz CT molecular complexity index is 854. The number of rotatable bonds is 4. The second-order valence-corrected chi connectivity index (χ2v) is 12.5. The zero-order valence-corrected chi connectivity index (χ0v) is 22.1. The molecular formula is C25H42N6O2. The van der Waals surface area contributed by atoms with Crippen molar-refractivity contribution in [3.8, 4) is 12.1 Å². The highest BCUT2D eigenvalue weighted by molar-refractivity contribution is 5.42. The van der Waals surface area contributed by atoms with Gasteiger partial charge in [0.05, 0.1) is 43.4 Å². The molecule has 3 saturated heterocycles. The molecule has 8 nitrogen and oxygen atoms in total. The van der Waals surface area contributed by atoms with Gasteiger partial charge in [0.1, 0.15) is 5.54 Å². The van der Waals surface area contributed by atoms with Crippen LogP contribution in [0.25, 0.3) is 0 Å². The van der Waals surface area contributed by atoms with E-state index in [2.05, 4.69) is 82.4 Å². The predicted octanol–water partition coefficient (Wildman–Crippen LogP) is 2.49. The summed E-state index contributed by atoms with van der Waals surface area (Å²) in [6.07, 6.45) is 0. The zero-order valence-electron chi connectivity index (χ0n) is 22.1. The number of hydroxylamine groups is 4. The van der Waals surface area contributed by atoms with Crippen LogP contribution in [-0.2, 0) is 9.68 Å². The van der Waals surface area contributed by atoms with Gasteiger partial charge >= 0.3 is 0 Å². The van der Waals surface area contributed by atoms with Crippen molar-refractivity contribution in [2.75, 3.05) is 40.4 Å². The van der Waals surface area contributed by atoms with Crippen LogP contribution in [0.1, 0.15) is 55.4 Å². The molecule has 4 atom stereocenters. The molecule has 1 aliphatic carbocycles. The third-order valence-electron chi connectivity index (χ3n) is 9.50. The largest absolute Gasteiger partial charge is 0.301 e. The zero-order chi connectivity index (χ0) is 24.8. The molecule has 0 spiro atoms. The lowest BCUT2D eigenvalue weighted by molar-refractivity contribution is -0.241. The molecule has 0 N–H and O–H groups in total. The summed E-state index contributed by atoms with van der Waals surface area (Å²) in [5, 5.41) is 24.7. The van der Waals surface area contributed by atoms with Crippen molar-refractivity contribution < 1.29 is 9.68 Å². The summed E-state index contributed by atoms with van der Waals surface area (Å²) in [6.45, 7) is 20.7. The van der Waals surface area contributed by atoms with E-state index in [1.165, 1.54) is 0 Å². The van der Waals surface area contributed by atoms with E-state index in [9.17, 15) is 10.5 Å². The lowest BCUT2D eigenvalue weighted by Gasteiger charge is -2.49. The van der Waals surface area contributed by atoms with E-state index in [1.54, 1.807) is 14.2 Å². The van der Waals surface area contributed by atoms with Crippen molar-refractivity contribution in [1.82, 2.24) is 19.9 Å². The van der Waals surface area contributed by atoms with Gasteiger partial charge in [-0.25, -0.2) is 0 Å². The van der Waals surface area contributed by atoms with Crippen molar-refractivity contribution in [3.63, 3.8) is 0 Å². The summed E-state index contributed by atoms with van der Waals surface area (Å²) in [5.41, 5.74) is -1.55. The predicted molar refractivity (Wildman–Crippen MR) is 125 cm³/mol. The Hall–Kier alpha value is -1.26. The first-order chi connectivity index (χ1) is 15.2. The van der Waals surface area contributed by atoms with Crippen LogP contribution in [0.3, 0.4) is 0 Å². The molecule has 0 radical (unpaired) electrons. The number of hydrogen-bond donors (Lipinski definition) is 0. The van der Waals surface area contributed by atoms with Crippen LogP contribution < -0.4 is 0 Å². The Balaban J connectivity index is 1.56. The number of piperazine rings is 1. The maximum absolute atomic E-state index is 10.5. The quantitative estimate of drug-likeness (QED) is 0.636. The van der Waals surface area contributed by atoms with E-state index in [-0.39, 0.29) is 46.0 Å². The summed E-state index contributed by atoms with van der Waals surface area (Å²) >= 11 is 0. The summed E-state index contributed by atoms with van der Waals surface area (Å²) in [4.78, 5) is 16.5. The molecule has 3 heterocycles. The molecule has 0 bridgehead atoms. The molecule has 0 aromatic heterocycles. The van der Waals surface area contributed by atoms with Gasteiger partial charge in [-0.15, -0.1) is 0 Å². The van der Waals surface area contributed by atoms with E-state index >= 15 is 0 Å². The Morgan fingerprint density at radius 2 is 1.15 bits per heavy atom. The van der Waals surface area contributed by atoms with Crippen LogP contribution in [0.4, 0.5) is 0 Å². The minimum atomic E-state index is -0.453. The molecule has 1 saturated carbocycles. The first-order valence-corrected chi connectivity index (χ1v) is 12.2. The molecule has 0 aromatic carbocycles. The minimum Gasteiger partial charge on any atom is -0.301 e. The first kappa shape index (κ1) is 24.9. The molecular weight excluding hydrogens is 416 g/mol. The molecule has 4 unspecified atom stereocenters. The van der Waals surface area contributed by atoms with Gasteiger partial charge in [-0.1, -0.05) is 0 Å². The van der Waals surface area contributed by atoms with Gasteiger partial charge in [0.25, 0.3) is 0 Å². The van der Waals surface area contributed by atoms with Gasteiger partial charge in [0, 0.05) is 55.1 Å². The van der Waals surface area contributed by atoms with Crippen LogP contribution in [0.15, 0.2) is 0 Å². The van der Waals surface area contributed by atoms with Gasteiger partial charge in [-0.05, 0) is 55.4 Å². The summed E-state index contributed by atoms with van der Waals surface area (Å²) in [6, 6.07) is 5.44. The van der Waals surface area contributed by atoms with Gasteiger partial charge in [0.2, 0.25) is 0 Å². The minimum absolute atomic E-state index is 0.0632. The first-order valence-electron chi connectivity index (χ1n) is 12.2. The fraction of sp³-hybridized carbons (Fsp3) is 0.920. The van der Waals surface area contributed by atoms with Gasteiger partial charge in [-0.2, -0.15) is 20.7 Å². The van der Waals surface area contributed by atoms with E-state index in [0.717, 1.165) is 26.2 Å². The fourth-order valence-corrected chi connectivity index (χ4v) is 8.85. The molecule has 0 aromatic rings. The van der Waals surface area contributed by atoms with E-state index in [1.807, 2.05) is 5.06 Å². The average Bonchev–Trinajstić information content (AvgIpc) is 3.36. The van der Waals surface area contributed by atoms with Gasteiger partial charge < -0.3 is 9.68 Å². The molecule has 4 aliphatic rings. The van der Waals surface area contributed by atoms with E-state index in [0.29, 0.717) is 0 Å². The van der Waals surface area contributed by atoms with Crippen LogP contribution >= 0.6 is 0 Å². The second kappa shape index (κ2) is 7.37. The van der Waals surface area contributed by atoms with Crippen molar-refractivity contribution in [3.05, 3.63) is 0 Å². The number of nitriles is 2. The SMILES string of the molecule is CON1C(C)(C)C(C#N)C(N2CCN(C3(C#N)C4C3C(C)(C)N(OC)C4(C)C)CC2)C1(C)C. The Morgan fingerprint density at radius 3 is 1.55 bits per heavy atom. The molecule has 3 aliphatic heterocycles. The third kappa shape index (κ3) is 2.89. The highest BCUT2D eigenvalue weighted by atomic mass is 16.7. The maximum Gasteiger partial charge on any atom is 0.119 e. The lowest BCUT2D eigenvalue weighted by Crippen LogP contribution is -2.63. The van der Waals surface area contributed by atoms with Crippen molar-refractivity contribution >= 4 is 0 Å². The number of fused-ring (bicyclic) bond motifs is 1. The molecule has 33 heavy (non-hydrogen) atoms. The smallest absolute Gasteiger partial charge is 0.119 e. The van der Waals surface area contributed by atoms with Crippen molar-refractivity contribution in [1.29, 1.82) is 10.5 Å². The summed E-state index contributed by atoms with van der Waals surface area (Å²) in [7, 11) is 3.44. The van der Waals surface area contributed by atoms with Crippen LogP contribution in [0.2, 0.25) is 0 Å². The summed E-state index contributed by atoms with van der Waals surface area (Å²) in [5.74, 6) is 0.320. The van der Waals surface area contributed by atoms with E-state index < -0.39 is 5.54 Å². The van der Waals surface area contributed by atoms with Gasteiger partial charge in [-0.3, -0.25) is 9.80 Å². The van der Waals surface area contributed by atoms with Crippen LogP contribution in [0, 0.1) is 40.4 Å². The van der Waals surface area contributed by atoms with Crippen molar-refractivity contribution in [2.45, 2.75) is 89.1 Å². The Morgan fingerprint density at radius 1 is 0.697 bits per heavy atom. The summed E-state index contributed by atoms with van der Waals surface area (Å²) < 4.78 is 0. The monoisotopic (exact) mass is 458 g/mol. The standard InChI is InChI=1S/C25H42N6O2/c1-21(2)17(15-26)20(24(7,8)30(21)32-9)28-11-13-29(14-12-28)25(16-27)18-19(25)23(5,6)31(33-10)22(18,3)4/h17-20H,11-14H2,1-10H3. The third-order valence-corrected chi connectivity index (χ3v) is 9.50. The average molecular weight is 459 g/mol. The molecule has 4 rings (SSSR count). The molecule has 8 heteroatoms. The molecule has 0 amide bonds. The highest BCUT2D eigenvalue weighted by Crippen LogP contribution is 2.71. The van der Waals surface area contributed by atoms with Crippen LogP contribution in [0.5, 0.6) is 0 Å². The molecule has 184 valence electrons. The lowest BCUT2D eigenvalue weighted by atomic mass is 9.82. The second-order valence-electron chi connectivity index (χ2n) is 12.5. The van der Waals surface area contributed by atoms with E-state index in [4.69, 9.17) is 9.68 Å². The maximum atomic E-state index is 10.5. The topological polar surface area (TPSA) is 79.0 Å². The highest BCUT2D eigenvalue weighted by Gasteiger charge is 2.84. The van der Waals surface area contributed by atoms with Crippen molar-refractivity contribution in [2.24, 2.45) is 17.8 Å². The number of nitrogens with zero attached hydrogens (tertiary/aromatic N) is 6. The normalized spacial score (nSPS) is 41.9. The number of piperidine rings is 1. The Kier molecular flexibility index (Phi) is 5.55. The fourth-order valence-electron chi connectivity index (χ4n) is 8.85. The molecule has 4 fully saturated rings. The number of hydrogen-bond acceptors (Lipinski definition) is 8. The van der Waals surface area contributed by atoms with Crippen LogP contribution in [-0.4, -0.2) is 94.1 Å².